The van der Waals surface area contributed by atoms with Crippen molar-refractivity contribution in [2.24, 2.45) is 0 Å². The number of hydrogen-bond donors (Lipinski definition) is 0. The van der Waals surface area contributed by atoms with E-state index in [9.17, 15) is 0 Å². The fourth-order valence-electron chi connectivity index (χ4n) is 1.22. The molecule has 0 aliphatic heterocycles. The van der Waals surface area contributed by atoms with E-state index >= 15 is 0 Å². The quantitative estimate of drug-likeness (QED) is 0.694. The molecule has 0 spiro atoms. The normalized spacial score (nSPS) is 10.2. The molecule has 0 unspecified atom stereocenters. The summed E-state index contributed by atoms with van der Waals surface area (Å²) in [6, 6.07) is 10.9. The summed E-state index contributed by atoms with van der Waals surface area (Å²) in [5, 5.41) is 1.09. The highest BCUT2D eigenvalue weighted by atomic mass is 16.5. The summed E-state index contributed by atoms with van der Waals surface area (Å²) in [6.45, 7) is 2.62. The Hall–Kier alpha value is -1.57. The van der Waals surface area contributed by atoms with Crippen LogP contribution in [0.4, 0.5) is 0 Å². The zero-order valence-electron chi connectivity index (χ0n) is 7.45. The van der Waals surface area contributed by atoms with E-state index in [-0.39, 0.29) is 0 Å². The van der Waals surface area contributed by atoms with E-state index in [0.717, 1.165) is 16.7 Å². The molecule has 0 saturated carbocycles. The number of rotatable bonds is 2. The molecule has 0 N–H and O–H groups in total. The second-order valence-electron chi connectivity index (χ2n) is 2.70. The van der Waals surface area contributed by atoms with Crippen LogP contribution in [0.15, 0.2) is 30.5 Å². The van der Waals surface area contributed by atoms with Gasteiger partial charge in [-0.3, -0.25) is 4.98 Å². The number of aromatic nitrogens is 1. The lowest BCUT2D eigenvalue weighted by Crippen LogP contribution is -1.91. The third-order valence-electron chi connectivity index (χ3n) is 1.79. The van der Waals surface area contributed by atoms with Gasteiger partial charge < -0.3 is 4.74 Å². The minimum absolute atomic E-state index is 0.662. The molecule has 65 valence electrons. The van der Waals surface area contributed by atoms with Crippen LogP contribution in [0.25, 0.3) is 10.9 Å². The van der Waals surface area contributed by atoms with E-state index in [0.29, 0.717) is 6.61 Å². The molecule has 1 radical (unpaired) electrons. The molecule has 1 aromatic carbocycles. The maximum atomic E-state index is 5.32. The van der Waals surface area contributed by atoms with Gasteiger partial charge in [-0.1, -0.05) is 6.07 Å². The zero-order chi connectivity index (χ0) is 9.10. The fraction of sp³-hybridized carbons (Fsp3) is 0.182. The molecule has 0 fully saturated rings. The first-order valence-electron chi connectivity index (χ1n) is 4.30. The molecule has 2 rings (SSSR count). The van der Waals surface area contributed by atoms with Gasteiger partial charge in [-0.2, -0.15) is 0 Å². The van der Waals surface area contributed by atoms with Crippen LogP contribution in [0, 0.1) is 6.07 Å². The van der Waals surface area contributed by atoms with Crippen molar-refractivity contribution < 1.29 is 4.74 Å². The third kappa shape index (κ3) is 1.61. The van der Waals surface area contributed by atoms with Crippen molar-refractivity contribution in [2.45, 2.75) is 6.92 Å². The maximum Gasteiger partial charge on any atom is 0.129 e. The zero-order valence-corrected chi connectivity index (χ0v) is 7.45. The Bertz CT molecular complexity index is 412. The maximum absolute atomic E-state index is 5.32. The summed E-state index contributed by atoms with van der Waals surface area (Å²) in [7, 11) is 0. The van der Waals surface area contributed by atoms with Crippen LogP contribution >= 0.6 is 0 Å². The third-order valence-corrected chi connectivity index (χ3v) is 1.79. The molecule has 0 saturated heterocycles. The highest BCUT2D eigenvalue weighted by molar-refractivity contribution is 5.78. The predicted molar refractivity (Wildman–Crippen MR) is 51.7 cm³/mol. The summed E-state index contributed by atoms with van der Waals surface area (Å²) >= 11 is 0. The molecule has 2 aromatic rings. The SMILES string of the molecule is CCOc1[c]c2ncccc2cc1. The number of fused-ring (bicyclic) bond motifs is 1. The largest absolute Gasteiger partial charge is 0.493 e. The number of hydrogen-bond acceptors (Lipinski definition) is 2. The lowest BCUT2D eigenvalue weighted by atomic mass is 10.2. The highest BCUT2D eigenvalue weighted by Gasteiger charge is 1.96. The van der Waals surface area contributed by atoms with Crippen molar-refractivity contribution in [3.05, 3.63) is 36.5 Å². The van der Waals surface area contributed by atoms with E-state index in [1.807, 2.05) is 31.2 Å². The van der Waals surface area contributed by atoms with Gasteiger partial charge in [0.1, 0.15) is 5.75 Å². The Kier molecular flexibility index (Phi) is 2.13. The second kappa shape index (κ2) is 3.44. The van der Waals surface area contributed by atoms with E-state index in [1.165, 1.54) is 0 Å². The lowest BCUT2D eigenvalue weighted by molar-refractivity contribution is 0.340. The molecule has 2 nitrogen and oxygen atoms in total. The Balaban J connectivity index is 2.49. The van der Waals surface area contributed by atoms with Gasteiger partial charge in [-0.15, -0.1) is 0 Å². The van der Waals surface area contributed by atoms with Crippen LogP contribution in [0.3, 0.4) is 0 Å². The number of ether oxygens (including phenoxy) is 1. The molecule has 0 bridgehead atoms. The summed E-state index contributed by atoms with van der Waals surface area (Å²) in [6.07, 6.45) is 1.76. The van der Waals surface area contributed by atoms with Crippen LogP contribution in [0.5, 0.6) is 5.75 Å². The Morgan fingerprint density at radius 1 is 1.38 bits per heavy atom. The van der Waals surface area contributed by atoms with E-state index in [4.69, 9.17) is 4.74 Å². The Morgan fingerprint density at radius 2 is 2.31 bits per heavy atom. The first-order valence-corrected chi connectivity index (χ1v) is 4.30. The molecule has 0 atom stereocenters. The summed E-state index contributed by atoms with van der Waals surface area (Å²) in [5.41, 5.74) is 0.855. The van der Waals surface area contributed by atoms with Crippen LogP contribution in [-0.2, 0) is 0 Å². The molecule has 1 aromatic heterocycles. The predicted octanol–water partition coefficient (Wildman–Crippen LogP) is 2.43. The highest BCUT2D eigenvalue weighted by Crippen LogP contribution is 2.17. The molecule has 13 heavy (non-hydrogen) atoms. The second-order valence-corrected chi connectivity index (χ2v) is 2.70. The first-order chi connectivity index (χ1) is 6.40. The smallest absolute Gasteiger partial charge is 0.129 e. The average molecular weight is 172 g/mol. The van der Waals surface area contributed by atoms with Gasteiger partial charge in [-0.25, -0.2) is 0 Å². The summed E-state index contributed by atoms with van der Waals surface area (Å²) < 4.78 is 5.32. The van der Waals surface area contributed by atoms with Gasteiger partial charge in [0, 0.05) is 11.6 Å². The van der Waals surface area contributed by atoms with Crippen molar-refractivity contribution in [2.75, 3.05) is 6.61 Å². The van der Waals surface area contributed by atoms with E-state index in [2.05, 4.69) is 11.1 Å². The summed E-state index contributed by atoms with van der Waals surface area (Å²) in [4.78, 5) is 4.19. The summed E-state index contributed by atoms with van der Waals surface area (Å²) in [5.74, 6) is 0.758. The van der Waals surface area contributed by atoms with Gasteiger partial charge in [0.25, 0.3) is 0 Å². The van der Waals surface area contributed by atoms with Gasteiger partial charge in [0.15, 0.2) is 0 Å². The number of nitrogens with zero attached hydrogens (tertiary/aromatic N) is 1. The van der Waals surface area contributed by atoms with Crippen LogP contribution in [0.2, 0.25) is 0 Å². The average Bonchev–Trinajstić information content (AvgIpc) is 2.18. The minimum atomic E-state index is 0.662. The Morgan fingerprint density at radius 3 is 3.15 bits per heavy atom. The van der Waals surface area contributed by atoms with E-state index < -0.39 is 0 Å². The lowest BCUT2D eigenvalue weighted by Gasteiger charge is -2.02. The topological polar surface area (TPSA) is 22.1 Å². The van der Waals surface area contributed by atoms with Gasteiger partial charge in [0.05, 0.1) is 18.2 Å². The monoisotopic (exact) mass is 172 g/mol. The minimum Gasteiger partial charge on any atom is -0.493 e. The number of benzene rings is 1. The molecular weight excluding hydrogens is 162 g/mol. The van der Waals surface area contributed by atoms with E-state index in [1.54, 1.807) is 6.20 Å². The van der Waals surface area contributed by atoms with Crippen molar-refractivity contribution in [1.82, 2.24) is 4.98 Å². The van der Waals surface area contributed by atoms with Crippen molar-refractivity contribution in [3.63, 3.8) is 0 Å². The van der Waals surface area contributed by atoms with Crippen LogP contribution in [-0.4, -0.2) is 11.6 Å². The van der Waals surface area contributed by atoms with Crippen LogP contribution < -0.4 is 4.74 Å². The van der Waals surface area contributed by atoms with Crippen LogP contribution in [0.1, 0.15) is 6.92 Å². The van der Waals surface area contributed by atoms with Crippen molar-refractivity contribution >= 4 is 10.9 Å². The molecule has 1 heterocycles. The molecule has 2 heteroatoms. The number of pyridine rings is 1. The first kappa shape index (κ1) is 8.05. The van der Waals surface area contributed by atoms with Crippen molar-refractivity contribution in [1.29, 1.82) is 0 Å². The van der Waals surface area contributed by atoms with Gasteiger partial charge >= 0.3 is 0 Å². The molecule has 0 amide bonds. The van der Waals surface area contributed by atoms with Gasteiger partial charge in [0.2, 0.25) is 0 Å². The standard InChI is InChI=1S/C11H10NO/c1-2-13-10-6-5-9-4-3-7-12-11(9)8-10/h3-7H,2H2,1H3. The fourth-order valence-corrected chi connectivity index (χ4v) is 1.22. The Labute approximate surface area is 77.2 Å². The van der Waals surface area contributed by atoms with Crippen molar-refractivity contribution in [3.8, 4) is 5.75 Å². The molecular formula is C11H10NO. The van der Waals surface area contributed by atoms with Gasteiger partial charge in [-0.05, 0) is 25.1 Å². The molecule has 0 aliphatic rings. The molecule has 0 aliphatic carbocycles.